The molecule has 0 radical (unpaired) electrons. The summed E-state index contributed by atoms with van der Waals surface area (Å²) >= 11 is 0. The minimum atomic E-state index is -4.86. The number of imidazole rings is 1. The Balaban J connectivity index is 1.14. The maximum absolute atomic E-state index is 13.1. The molecular formula is C21H24N9O10P. The zero-order valence-corrected chi connectivity index (χ0v) is 21.8. The Labute approximate surface area is 228 Å². The number of anilines is 1. The van der Waals surface area contributed by atoms with Crippen LogP contribution in [0.25, 0.3) is 11.2 Å². The number of phosphoric acid groups is 1. The van der Waals surface area contributed by atoms with Crippen molar-refractivity contribution in [1.29, 1.82) is 0 Å². The molecule has 3 aromatic rings. The largest absolute Gasteiger partial charge is 0.472 e. The maximum atomic E-state index is 13.1. The first-order valence-corrected chi connectivity index (χ1v) is 14.1. The van der Waals surface area contributed by atoms with Crippen LogP contribution in [0, 0.1) is 5.92 Å². The Morgan fingerprint density at radius 2 is 1.98 bits per heavy atom. The third-order valence-corrected chi connectivity index (χ3v) is 8.52. The number of nitrogens with one attached hydrogen (secondary N) is 1. The van der Waals surface area contributed by atoms with Crippen molar-refractivity contribution in [3.8, 4) is 0 Å². The van der Waals surface area contributed by atoms with Gasteiger partial charge < -0.3 is 40.0 Å². The molecule has 0 saturated carbocycles. The van der Waals surface area contributed by atoms with Gasteiger partial charge in [-0.3, -0.25) is 18.4 Å². The number of hydrogen-bond donors (Lipinski definition) is 5. The molecule has 0 aromatic carbocycles. The first-order valence-electron chi connectivity index (χ1n) is 12.6. The summed E-state index contributed by atoms with van der Waals surface area (Å²) in [5, 5.41) is 30.1. The fraction of sp³-hybridized carbons (Fsp3) is 0.571. The number of aliphatic hydroxyl groups excluding tert-OH is 2. The van der Waals surface area contributed by atoms with Gasteiger partial charge in [0.2, 0.25) is 0 Å². The van der Waals surface area contributed by atoms with Gasteiger partial charge in [0.15, 0.2) is 29.7 Å². The van der Waals surface area contributed by atoms with Crippen molar-refractivity contribution < 1.29 is 42.9 Å². The van der Waals surface area contributed by atoms with Crippen LogP contribution < -0.4 is 11.3 Å². The second kappa shape index (κ2) is 9.93. The Bertz CT molecular complexity index is 1620. The van der Waals surface area contributed by atoms with E-state index < -0.39 is 75.0 Å². The van der Waals surface area contributed by atoms with Gasteiger partial charge in [-0.05, 0) is 6.42 Å². The van der Waals surface area contributed by atoms with E-state index in [2.05, 4.69) is 35.1 Å². The molecule has 0 spiro atoms. The van der Waals surface area contributed by atoms with Gasteiger partial charge >= 0.3 is 7.82 Å². The summed E-state index contributed by atoms with van der Waals surface area (Å²) in [5.74, 6) is -0.493. The van der Waals surface area contributed by atoms with Crippen molar-refractivity contribution >= 4 is 30.5 Å². The number of phosphoric ester groups is 1. The summed E-state index contributed by atoms with van der Waals surface area (Å²) in [6.07, 6.45) is -4.50. The lowest BCUT2D eigenvalue weighted by Gasteiger charge is -2.26. The summed E-state index contributed by atoms with van der Waals surface area (Å²) < 4.78 is 43.0. The number of ether oxygens (including phenoxy) is 3. The number of aliphatic hydroxyl groups is 2. The van der Waals surface area contributed by atoms with Crippen molar-refractivity contribution in [2.75, 3.05) is 18.9 Å². The molecule has 10 atom stereocenters. The van der Waals surface area contributed by atoms with E-state index in [1.54, 1.807) is 0 Å². The molecule has 0 aliphatic carbocycles. The molecule has 4 unspecified atom stereocenters. The number of aromatic amines is 1. The summed E-state index contributed by atoms with van der Waals surface area (Å²) in [4.78, 5) is 41.5. The van der Waals surface area contributed by atoms with Crippen LogP contribution in [0.2, 0.25) is 0 Å². The molecule has 7 heterocycles. The molecule has 4 aliphatic heterocycles. The lowest BCUT2D eigenvalue weighted by atomic mass is 9.95. The van der Waals surface area contributed by atoms with E-state index in [1.807, 2.05) is 0 Å². The van der Waals surface area contributed by atoms with E-state index in [0.717, 1.165) is 6.33 Å². The molecule has 2 bridgehead atoms. The Morgan fingerprint density at radius 3 is 2.83 bits per heavy atom. The smallest absolute Gasteiger partial charge is 0.388 e. The van der Waals surface area contributed by atoms with Gasteiger partial charge in [0.25, 0.3) is 5.56 Å². The standard InChI is InChI=1S/C21H24N9O10P/c22-17-12-18(25-5-24-17)30(6-27-12)20-13(31)7-1-2-36-21-14(32)16(40-41(34,35)37-3-8(7)38-20)15(39-21)10-9-11(29-28-10)19(33)26-4-23-9/h4-8,10,13-16,20-21,31-32H,1-3H2,(H,34,35)(H2,22,24,25)(H,23,26,33)/t7-,8-,10?,13-,14+,15?,16-,20-,21?/m1/s1. The number of H-pyrrole nitrogens is 1. The number of rotatable bonds is 2. The van der Waals surface area contributed by atoms with Gasteiger partial charge in [0, 0.05) is 5.92 Å². The predicted octanol–water partition coefficient (Wildman–Crippen LogP) is -0.787. The van der Waals surface area contributed by atoms with Crippen molar-refractivity contribution in [2.45, 2.75) is 55.5 Å². The van der Waals surface area contributed by atoms with Crippen molar-refractivity contribution in [1.82, 2.24) is 29.5 Å². The second-order valence-electron chi connectivity index (χ2n) is 9.88. The second-order valence-corrected chi connectivity index (χ2v) is 11.3. The summed E-state index contributed by atoms with van der Waals surface area (Å²) in [6.45, 7) is -0.455. The molecular weight excluding hydrogens is 569 g/mol. The van der Waals surface area contributed by atoms with E-state index in [0.29, 0.717) is 11.2 Å². The monoisotopic (exact) mass is 593 g/mol. The summed E-state index contributed by atoms with van der Waals surface area (Å²) in [6, 6.07) is -1.03. The topological polar surface area (TPSA) is 264 Å². The number of nitrogens with two attached hydrogens (primary N) is 1. The third kappa shape index (κ3) is 4.46. The van der Waals surface area contributed by atoms with Crippen LogP contribution in [0.1, 0.15) is 24.4 Å². The quantitative estimate of drug-likeness (QED) is 0.228. The van der Waals surface area contributed by atoms with Crippen LogP contribution in [0.4, 0.5) is 11.5 Å². The molecule has 41 heavy (non-hydrogen) atoms. The minimum absolute atomic E-state index is 0.00720. The van der Waals surface area contributed by atoms with Crippen LogP contribution in [-0.2, 0) is 27.8 Å². The zero-order chi connectivity index (χ0) is 28.5. The molecule has 20 heteroatoms. The molecule has 7 rings (SSSR count). The molecule has 6 N–H and O–H groups in total. The summed E-state index contributed by atoms with van der Waals surface area (Å²) in [7, 11) is -4.86. The first-order chi connectivity index (χ1) is 19.7. The van der Waals surface area contributed by atoms with Gasteiger partial charge in [-0.2, -0.15) is 5.11 Å². The Hall–Kier alpha value is -3.26. The van der Waals surface area contributed by atoms with Crippen molar-refractivity contribution in [3.05, 3.63) is 35.0 Å². The van der Waals surface area contributed by atoms with E-state index in [9.17, 15) is 24.5 Å². The van der Waals surface area contributed by atoms with Crippen LogP contribution in [0.15, 0.2) is 34.0 Å². The first kappa shape index (κ1) is 26.6. The average Bonchev–Trinajstić information content (AvgIpc) is 3.69. The van der Waals surface area contributed by atoms with Gasteiger partial charge in [-0.1, -0.05) is 0 Å². The third-order valence-electron chi connectivity index (χ3n) is 7.53. The average molecular weight is 593 g/mol. The Kier molecular flexibility index (Phi) is 6.45. The van der Waals surface area contributed by atoms with Crippen LogP contribution >= 0.6 is 7.82 Å². The highest BCUT2D eigenvalue weighted by atomic mass is 31.2. The predicted molar refractivity (Wildman–Crippen MR) is 131 cm³/mol. The summed E-state index contributed by atoms with van der Waals surface area (Å²) in [5.41, 5.74) is 6.09. The van der Waals surface area contributed by atoms with Gasteiger partial charge in [0.1, 0.15) is 48.0 Å². The fourth-order valence-electron chi connectivity index (χ4n) is 5.56. The number of aromatic nitrogens is 6. The fourth-order valence-corrected chi connectivity index (χ4v) is 6.51. The van der Waals surface area contributed by atoms with Crippen LogP contribution in [0.3, 0.4) is 0 Å². The highest BCUT2D eigenvalue weighted by Gasteiger charge is 2.55. The van der Waals surface area contributed by atoms with Crippen LogP contribution in [0.5, 0.6) is 0 Å². The highest BCUT2D eigenvalue weighted by Crippen LogP contribution is 2.51. The molecule has 4 aliphatic rings. The highest BCUT2D eigenvalue weighted by molar-refractivity contribution is 7.47. The SMILES string of the molecule is Nc1ncnc2c1ncn2[C@@H]1O[C@@H]2COP(=O)(O)O[C@H]3C(C4N=Nc5c4nc[nH]c5=O)OC(OCC[C@H]2[C@H]1O)[C@H]3O. The molecule has 3 fully saturated rings. The zero-order valence-electron chi connectivity index (χ0n) is 20.9. The van der Waals surface area contributed by atoms with Gasteiger partial charge in [-0.25, -0.2) is 24.5 Å². The van der Waals surface area contributed by atoms with E-state index in [4.69, 9.17) is 29.0 Å². The Morgan fingerprint density at radius 1 is 1.12 bits per heavy atom. The number of fused-ring (bicyclic) bond motifs is 5. The molecule has 0 amide bonds. The number of hydrogen-bond acceptors (Lipinski definition) is 16. The lowest BCUT2D eigenvalue weighted by molar-refractivity contribution is -0.171. The number of nitrogen functional groups attached to an aromatic ring is 1. The number of nitrogens with zero attached hydrogens (tertiary/aromatic N) is 7. The van der Waals surface area contributed by atoms with Gasteiger partial charge in [0.05, 0.1) is 32.0 Å². The van der Waals surface area contributed by atoms with E-state index in [-0.39, 0.29) is 30.2 Å². The van der Waals surface area contributed by atoms with Crippen molar-refractivity contribution in [3.63, 3.8) is 0 Å². The number of azo groups is 1. The van der Waals surface area contributed by atoms with Crippen LogP contribution in [-0.4, -0.2) is 94.6 Å². The molecule has 3 aromatic heterocycles. The molecule has 218 valence electrons. The normalized spacial score (nSPS) is 38.9. The molecule has 19 nitrogen and oxygen atoms in total. The minimum Gasteiger partial charge on any atom is -0.388 e. The van der Waals surface area contributed by atoms with Crippen molar-refractivity contribution in [2.24, 2.45) is 16.1 Å². The van der Waals surface area contributed by atoms with E-state index >= 15 is 0 Å². The van der Waals surface area contributed by atoms with E-state index in [1.165, 1.54) is 17.2 Å². The lowest BCUT2D eigenvalue weighted by Crippen LogP contribution is -2.38. The maximum Gasteiger partial charge on any atom is 0.472 e. The van der Waals surface area contributed by atoms with Gasteiger partial charge in [-0.15, -0.1) is 5.11 Å². The molecule has 3 saturated heterocycles.